The van der Waals surface area contributed by atoms with Gasteiger partial charge in [0.1, 0.15) is 0 Å². The summed E-state index contributed by atoms with van der Waals surface area (Å²) in [6.07, 6.45) is -0.384. The molecule has 1 saturated heterocycles. The van der Waals surface area contributed by atoms with Crippen molar-refractivity contribution in [3.63, 3.8) is 0 Å². The predicted molar refractivity (Wildman–Crippen MR) is 77.8 cm³/mol. The average molecular weight is 282 g/mol. The fourth-order valence-electron chi connectivity index (χ4n) is 3.11. The quantitative estimate of drug-likeness (QED) is 0.911. The van der Waals surface area contributed by atoms with Crippen LogP contribution in [0.4, 0.5) is 8.78 Å². The molecule has 1 aromatic rings. The van der Waals surface area contributed by atoms with Gasteiger partial charge in [-0.3, -0.25) is 4.90 Å². The number of hydrogen-bond donors (Lipinski definition) is 1. The average Bonchev–Trinajstić information content (AvgIpc) is 2.38. The molecule has 1 fully saturated rings. The lowest BCUT2D eigenvalue weighted by Gasteiger charge is -2.41. The van der Waals surface area contributed by atoms with Crippen molar-refractivity contribution >= 4 is 0 Å². The predicted octanol–water partition coefficient (Wildman–Crippen LogP) is 3.74. The minimum absolute atomic E-state index is 0.0235. The minimum atomic E-state index is -2.42. The van der Waals surface area contributed by atoms with Crippen LogP contribution in [0.3, 0.4) is 0 Å². The highest BCUT2D eigenvalue weighted by molar-refractivity contribution is 5.28. The summed E-state index contributed by atoms with van der Waals surface area (Å²) in [5, 5.41) is 0. The first-order valence-electron chi connectivity index (χ1n) is 7.36. The van der Waals surface area contributed by atoms with Gasteiger partial charge in [0.2, 0.25) is 0 Å². The number of nitrogens with two attached hydrogens (primary N) is 1. The van der Waals surface area contributed by atoms with Crippen LogP contribution in [0.1, 0.15) is 50.3 Å². The Labute approximate surface area is 120 Å². The molecule has 2 nitrogen and oxygen atoms in total. The van der Waals surface area contributed by atoms with Gasteiger partial charge in [-0.2, -0.15) is 0 Å². The Kier molecular flexibility index (Phi) is 5.11. The van der Waals surface area contributed by atoms with Crippen molar-refractivity contribution in [3.05, 3.63) is 35.4 Å². The van der Waals surface area contributed by atoms with Crippen molar-refractivity contribution in [1.82, 2.24) is 4.90 Å². The number of halogens is 2. The van der Waals surface area contributed by atoms with Crippen molar-refractivity contribution in [2.24, 2.45) is 11.7 Å². The molecule has 4 heteroatoms. The summed E-state index contributed by atoms with van der Waals surface area (Å²) in [7, 11) is 0. The van der Waals surface area contributed by atoms with Crippen LogP contribution in [-0.4, -0.2) is 24.0 Å². The summed E-state index contributed by atoms with van der Waals surface area (Å²) >= 11 is 0. The maximum absolute atomic E-state index is 12.9. The highest BCUT2D eigenvalue weighted by Crippen LogP contribution is 2.32. The highest BCUT2D eigenvalue weighted by atomic mass is 19.3. The molecule has 0 saturated carbocycles. The summed E-state index contributed by atoms with van der Waals surface area (Å²) in [6, 6.07) is 6.82. The van der Waals surface area contributed by atoms with Gasteiger partial charge < -0.3 is 5.73 Å². The second kappa shape index (κ2) is 6.64. The maximum Gasteiger partial charge on any atom is 0.263 e. The fraction of sp³-hybridized carbons (Fsp3) is 0.625. The summed E-state index contributed by atoms with van der Waals surface area (Å²) < 4.78 is 25.7. The van der Waals surface area contributed by atoms with Gasteiger partial charge in [-0.15, -0.1) is 0 Å². The first-order valence-corrected chi connectivity index (χ1v) is 7.36. The lowest BCUT2D eigenvalue weighted by molar-refractivity contribution is 0.113. The van der Waals surface area contributed by atoms with E-state index < -0.39 is 6.43 Å². The molecule has 1 aliphatic rings. The highest BCUT2D eigenvalue weighted by Gasteiger charge is 2.30. The Morgan fingerprint density at radius 3 is 2.75 bits per heavy atom. The monoisotopic (exact) mass is 282 g/mol. The summed E-state index contributed by atoms with van der Waals surface area (Å²) in [5.74, 6) is 0.543. The van der Waals surface area contributed by atoms with Crippen molar-refractivity contribution in [2.75, 3.05) is 13.1 Å². The molecule has 2 N–H and O–H groups in total. The van der Waals surface area contributed by atoms with Gasteiger partial charge in [0, 0.05) is 24.2 Å². The van der Waals surface area contributed by atoms with E-state index in [4.69, 9.17) is 5.73 Å². The van der Waals surface area contributed by atoms with Gasteiger partial charge >= 0.3 is 0 Å². The van der Waals surface area contributed by atoms with E-state index in [2.05, 4.69) is 18.7 Å². The van der Waals surface area contributed by atoms with Crippen LogP contribution in [0.2, 0.25) is 0 Å². The molecular weight excluding hydrogens is 258 g/mol. The standard InChI is InChI=1S/C16H24F2N2/c1-11(2)10-20-8-4-7-14(19)15(20)12-5-3-6-13(9-12)16(17)18/h3,5-6,9,11,14-16H,4,7-8,10,19H2,1-2H3. The Balaban J connectivity index is 2.27. The zero-order chi connectivity index (χ0) is 14.7. The number of likely N-dealkylation sites (tertiary alicyclic amines) is 1. The minimum Gasteiger partial charge on any atom is -0.326 e. The normalized spacial score (nSPS) is 24.6. The van der Waals surface area contributed by atoms with Crippen LogP contribution in [0.15, 0.2) is 24.3 Å². The third-order valence-electron chi connectivity index (χ3n) is 3.89. The van der Waals surface area contributed by atoms with Crippen LogP contribution in [-0.2, 0) is 0 Å². The molecule has 0 aliphatic carbocycles. The number of benzene rings is 1. The molecule has 2 rings (SSSR count). The molecule has 112 valence electrons. The first-order chi connectivity index (χ1) is 9.49. The number of alkyl halides is 2. The van der Waals surface area contributed by atoms with E-state index in [0.717, 1.165) is 31.5 Å². The van der Waals surface area contributed by atoms with Crippen LogP contribution in [0.5, 0.6) is 0 Å². The van der Waals surface area contributed by atoms with Crippen LogP contribution >= 0.6 is 0 Å². The molecule has 0 aromatic heterocycles. The number of rotatable bonds is 4. The largest absolute Gasteiger partial charge is 0.326 e. The van der Waals surface area contributed by atoms with Crippen LogP contribution in [0.25, 0.3) is 0 Å². The molecule has 0 bridgehead atoms. The number of hydrogen-bond acceptors (Lipinski definition) is 2. The molecule has 2 atom stereocenters. The van der Waals surface area contributed by atoms with Gasteiger partial charge in [0.25, 0.3) is 6.43 Å². The van der Waals surface area contributed by atoms with E-state index in [1.165, 1.54) is 6.07 Å². The summed E-state index contributed by atoms with van der Waals surface area (Å²) in [5.41, 5.74) is 7.29. The van der Waals surface area contributed by atoms with E-state index in [9.17, 15) is 8.78 Å². The van der Waals surface area contributed by atoms with Crippen LogP contribution < -0.4 is 5.73 Å². The molecule has 1 aliphatic heterocycles. The second-order valence-corrected chi connectivity index (χ2v) is 6.11. The Bertz CT molecular complexity index is 434. The molecule has 20 heavy (non-hydrogen) atoms. The third-order valence-corrected chi connectivity index (χ3v) is 3.89. The van der Waals surface area contributed by atoms with Gasteiger partial charge in [0.05, 0.1) is 0 Å². The van der Waals surface area contributed by atoms with E-state index >= 15 is 0 Å². The van der Waals surface area contributed by atoms with Gasteiger partial charge in [-0.1, -0.05) is 32.0 Å². The van der Waals surface area contributed by atoms with E-state index in [1.54, 1.807) is 12.1 Å². The van der Waals surface area contributed by atoms with Gasteiger partial charge in [-0.05, 0) is 36.9 Å². The topological polar surface area (TPSA) is 29.3 Å². The molecule has 1 aromatic carbocycles. The van der Waals surface area contributed by atoms with Crippen molar-refractivity contribution in [1.29, 1.82) is 0 Å². The van der Waals surface area contributed by atoms with Crippen molar-refractivity contribution in [3.8, 4) is 0 Å². The van der Waals surface area contributed by atoms with Gasteiger partial charge in [0.15, 0.2) is 0 Å². The zero-order valence-electron chi connectivity index (χ0n) is 12.2. The summed E-state index contributed by atoms with van der Waals surface area (Å²) in [4.78, 5) is 2.35. The second-order valence-electron chi connectivity index (χ2n) is 6.11. The fourth-order valence-corrected chi connectivity index (χ4v) is 3.11. The Hall–Kier alpha value is -1.00. The SMILES string of the molecule is CC(C)CN1CCCC(N)C1c1cccc(C(F)F)c1. The Morgan fingerprint density at radius 1 is 1.35 bits per heavy atom. The molecule has 2 unspecified atom stereocenters. The molecule has 0 spiro atoms. The molecule has 0 radical (unpaired) electrons. The Morgan fingerprint density at radius 2 is 2.10 bits per heavy atom. The van der Waals surface area contributed by atoms with Crippen molar-refractivity contribution < 1.29 is 8.78 Å². The first kappa shape index (κ1) is 15.4. The van der Waals surface area contributed by atoms with Gasteiger partial charge in [-0.25, -0.2) is 8.78 Å². The lowest BCUT2D eigenvalue weighted by atomic mass is 9.89. The number of nitrogens with zero attached hydrogens (tertiary/aromatic N) is 1. The molecule has 1 heterocycles. The number of piperidine rings is 1. The third kappa shape index (κ3) is 3.55. The van der Waals surface area contributed by atoms with Crippen LogP contribution in [0, 0.1) is 5.92 Å². The van der Waals surface area contributed by atoms with E-state index in [0.29, 0.717) is 5.92 Å². The zero-order valence-corrected chi connectivity index (χ0v) is 12.2. The van der Waals surface area contributed by atoms with E-state index in [1.807, 2.05) is 6.07 Å². The summed E-state index contributed by atoms with van der Waals surface area (Å²) in [6.45, 7) is 6.30. The van der Waals surface area contributed by atoms with E-state index in [-0.39, 0.29) is 17.6 Å². The lowest BCUT2D eigenvalue weighted by Crippen LogP contribution is -2.47. The molecular formula is C16H24F2N2. The molecule has 0 amide bonds. The maximum atomic E-state index is 12.9. The smallest absolute Gasteiger partial charge is 0.263 e. The van der Waals surface area contributed by atoms with Crippen molar-refractivity contribution in [2.45, 2.75) is 45.2 Å².